The first-order chi connectivity index (χ1) is 13.2. The van der Waals surface area contributed by atoms with E-state index in [1.54, 1.807) is 0 Å². The summed E-state index contributed by atoms with van der Waals surface area (Å²) in [5, 5.41) is 2.36. The smallest absolute Gasteiger partial charge is 0.302 e. The quantitative estimate of drug-likeness (QED) is 0.518. The minimum absolute atomic E-state index is 0.0971. The van der Waals surface area contributed by atoms with Crippen LogP contribution in [0.5, 0.6) is 11.5 Å². The number of carbonyl (C=O) groups is 1. The van der Waals surface area contributed by atoms with Crippen LogP contribution in [0.15, 0.2) is 66.7 Å². The Morgan fingerprint density at radius 1 is 0.889 bits per heavy atom. The van der Waals surface area contributed by atoms with Crippen molar-refractivity contribution < 1.29 is 14.3 Å². The summed E-state index contributed by atoms with van der Waals surface area (Å²) < 4.78 is 12.0. The van der Waals surface area contributed by atoms with Gasteiger partial charge in [0.15, 0.2) is 0 Å². The molecule has 3 aromatic rings. The molecule has 1 aliphatic rings. The first kappa shape index (κ1) is 17.6. The third kappa shape index (κ3) is 3.82. The Hall–Kier alpha value is -2.81. The topological polar surface area (TPSA) is 35.5 Å². The van der Waals surface area contributed by atoms with E-state index >= 15 is 0 Å². The van der Waals surface area contributed by atoms with E-state index in [2.05, 4.69) is 24.3 Å². The second kappa shape index (κ2) is 7.83. The maximum atomic E-state index is 11.7. The fourth-order valence-corrected chi connectivity index (χ4v) is 4.14. The van der Waals surface area contributed by atoms with Crippen LogP contribution in [0.1, 0.15) is 44.1 Å². The van der Waals surface area contributed by atoms with Crippen molar-refractivity contribution in [2.45, 2.75) is 44.6 Å². The number of hydrogen-bond donors (Lipinski definition) is 0. The van der Waals surface area contributed by atoms with E-state index < -0.39 is 0 Å². The van der Waals surface area contributed by atoms with Gasteiger partial charge in [-0.05, 0) is 48.2 Å². The average molecular weight is 360 g/mol. The van der Waals surface area contributed by atoms with Crippen molar-refractivity contribution in [1.82, 2.24) is 0 Å². The van der Waals surface area contributed by atoms with Crippen LogP contribution in [0.25, 0.3) is 10.8 Å². The van der Waals surface area contributed by atoms with Crippen molar-refractivity contribution in [3.63, 3.8) is 0 Å². The predicted octanol–water partition coefficient (Wildman–Crippen LogP) is 6.22. The van der Waals surface area contributed by atoms with Crippen molar-refractivity contribution in [2.75, 3.05) is 0 Å². The highest BCUT2D eigenvalue weighted by Gasteiger charge is 2.32. The van der Waals surface area contributed by atoms with Gasteiger partial charge in [-0.3, -0.25) is 4.79 Å². The van der Waals surface area contributed by atoms with E-state index in [9.17, 15) is 4.79 Å². The van der Waals surface area contributed by atoms with Gasteiger partial charge in [-0.2, -0.15) is 0 Å². The van der Waals surface area contributed by atoms with Gasteiger partial charge in [-0.1, -0.05) is 55.0 Å². The number of rotatable bonds is 4. The van der Waals surface area contributed by atoms with Gasteiger partial charge in [-0.15, -0.1) is 0 Å². The lowest BCUT2D eigenvalue weighted by Gasteiger charge is -2.33. The summed E-state index contributed by atoms with van der Waals surface area (Å²) >= 11 is 0. The monoisotopic (exact) mass is 360 g/mol. The number of fused-ring (bicyclic) bond motifs is 1. The first-order valence-electron chi connectivity index (χ1n) is 9.64. The molecule has 1 saturated carbocycles. The third-order valence-corrected chi connectivity index (χ3v) is 5.29. The van der Waals surface area contributed by atoms with Crippen molar-refractivity contribution in [1.29, 1.82) is 0 Å². The molecule has 0 aromatic heterocycles. The molecule has 0 saturated heterocycles. The molecule has 0 aliphatic heterocycles. The zero-order chi connectivity index (χ0) is 18.6. The van der Waals surface area contributed by atoms with Crippen LogP contribution < -0.4 is 4.74 Å². The van der Waals surface area contributed by atoms with Gasteiger partial charge in [0, 0.05) is 18.4 Å². The molecule has 138 valence electrons. The SMILES string of the molecule is CC(=O)O[C@H]1CCCC[C@H]1c1c(Oc2ccccc2)ccc2ccccc12. The van der Waals surface area contributed by atoms with Crippen LogP contribution >= 0.6 is 0 Å². The molecule has 3 nitrogen and oxygen atoms in total. The van der Waals surface area contributed by atoms with E-state index in [1.165, 1.54) is 17.7 Å². The minimum Gasteiger partial charge on any atom is -0.462 e. The highest BCUT2D eigenvalue weighted by molar-refractivity contribution is 5.88. The van der Waals surface area contributed by atoms with Gasteiger partial charge < -0.3 is 9.47 Å². The van der Waals surface area contributed by atoms with Gasteiger partial charge in [0.1, 0.15) is 17.6 Å². The third-order valence-electron chi connectivity index (χ3n) is 5.29. The molecule has 0 spiro atoms. The zero-order valence-corrected chi connectivity index (χ0v) is 15.6. The lowest BCUT2D eigenvalue weighted by atomic mass is 9.79. The van der Waals surface area contributed by atoms with Crippen LogP contribution in [-0.4, -0.2) is 12.1 Å². The lowest BCUT2D eigenvalue weighted by molar-refractivity contribution is -0.148. The molecule has 0 N–H and O–H groups in total. The van der Waals surface area contributed by atoms with Crippen molar-refractivity contribution in [3.8, 4) is 11.5 Å². The molecule has 0 radical (unpaired) electrons. The van der Waals surface area contributed by atoms with Crippen LogP contribution in [0.2, 0.25) is 0 Å². The summed E-state index contributed by atoms with van der Waals surface area (Å²) in [4.78, 5) is 11.7. The summed E-state index contributed by atoms with van der Waals surface area (Å²) in [7, 11) is 0. The van der Waals surface area contributed by atoms with Crippen molar-refractivity contribution in [2.24, 2.45) is 0 Å². The molecular weight excluding hydrogens is 336 g/mol. The molecular formula is C24H24O3. The Morgan fingerprint density at radius 3 is 2.44 bits per heavy atom. The lowest BCUT2D eigenvalue weighted by Crippen LogP contribution is -2.28. The Balaban J connectivity index is 1.82. The van der Waals surface area contributed by atoms with Gasteiger partial charge in [0.05, 0.1) is 0 Å². The zero-order valence-electron chi connectivity index (χ0n) is 15.6. The maximum Gasteiger partial charge on any atom is 0.302 e. The Labute approximate surface area is 159 Å². The molecule has 1 fully saturated rings. The van der Waals surface area contributed by atoms with E-state index in [4.69, 9.17) is 9.47 Å². The molecule has 27 heavy (non-hydrogen) atoms. The molecule has 3 heteroatoms. The van der Waals surface area contributed by atoms with Crippen LogP contribution in [-0.2, 0) is 9.53 Å². The number of ether oxygens (including phenoxy) is 2. The number of benzene rings is 3. The normalized spacial score (nSPS) is 19.6. The molecule has 3 aromatic carbocycles. The molecule has 0 unspecified atom stereocenters. The summed E-state index contributed by atoms with van der Waals surface area (Å²) in [5.74, 6) is 1.60. The molecule has 0 amide bonds. The number of carbonyl (C=O) groups excluding carboxylic acids is 1. The highest BCUT2D eigenvalue weighted by Crippen LogP contribution is 2.44. The Bertz CT molecular complexity index is 933. The summed E-state index contributed by atoms with van der Waals surface area (Å²) in [6.45, 7) is 1.50. The van der Waals surface area contributed by atoms with Gasteiger partial charge in [0.25, 0.3) is 0 Å². The number of para-hydroxylation sites is 1. The first-order valence-corrected chi connectivity index (χ1v) is 9.64. The van der Waals surface area contributed by atoms with E-state index in [0.717, 1.165) is 42.7 Å². The standard InChI is InChI=1S/C24H24O3/c1-17(25)26-22-14-8-7-13-21(22)24-20-12-6-5-9-18(20)15-16-23(24)27-19-10-3-2-4-11-19/h2-6,9-12,15-16,21-22H,7-8,13-14H2,1H3/t21-,22+/m1/s1. The fraction of sp³-hybridized carbons (Fsp3) is 0.292. The molecule has 4 rings (SSSR count). The summed E-state index contributed by atoms with van der Waals surface area (Å²) in [6.07, 6.45) is 4.03. The summed E-state index contributed by atoms with van der Waals surface area (Å²) in [6, 6.07) is 22.4. The van der Waals surface area contributed by atoms with Gasteiger partial charge >= 0.3 is 5.97 Å². The number of hydrogen-bond acceptors (Lipinski definition) is 3. The van der Waals surface area contributed by atoms with E-state index in [0.29, 0.717) is 0 Å². The van der Waals surface area contributed by atoms with Crippen LogP contribution in [0.3, 0.4) is 0 Å². The average Bonchev–Trinajstić information content (AvgIpc) is 2.69. The fourth-order valence-electron chi connectivity index (χ4n) is 4.14. The molecule has 0 heterocycles. The Morgan fingerprint density at radius 2 is 1.63 bits per heavy atom. The van der Waals surface area contributed by atoms with Gasteiger partial charge in [-0.25, -0.2) is 0 Å². The second-order valence-corrected chi connectivity index (χ2v) is 7.15. The van der Waals surface area contributed by atoms with Crippen LogP contribution in [0, 0.1) is 0 Å². The Kier molecular flexibility index (Phi) is 5.10. The number of esters is 1. The second-order valence-electron chi connectivity index (χ2n) is 7.15. The molecule has 1 aliphatic carbocycles. The predicted molar refractivity (Wildman–Crippen MR) is 107 cm³/mol. The van der Waals surface area contributed by atoms with Crippen molar-refractivity contribution >= 4 is 16.7 Å². The van der Waals surface area contributed by atoms with E-state index in [-0.39, 0.29) is 18.0 Å². The van der Waals surface area contributed by atoms with Crippen LogP contribution in [0.4, 0.5) is 0 Å². The largest absolute Gasteiger partial charge is 0.462 e. The summed E-state index contributed by atoms with van der Waals surface area (Å²) in [5.41, 5.74) is 1.16. The van der Waals surface area contributed by atoms with E-state index in [1.807, 2.05) is 42.5 Å². The minimum atomic E-state index is -0.210. The maximum absolute atomic E-state index is 11.7. The molecule has 0 bridgehead atoms. The molecule has 2 atom stereocenters. The van der Waals surface area contributed by atoms with Gasteiger partial charge in [0.2, 0.25) is 0 Å². The highest BCUT2D eigenvalue weighted by atomic mass is 16.5. The van der Waals surface area contributed by atoms with Crippen molar-refractivity contribution in [3.05, 3.63) is 72.3 Å².